The predicted molar refractivity (Wildman–Crippen MR) is 123 cm³/mol. The fourth-order valence-electron chi connectivity index (χ4n) is 4.57. The summed E-state index contributed by atoms with van der Waals surface area (Å²) in [6, 6.07) is 5.12. The molecule has 5 heteroatoms. The maximum Gasteiger partial charge on any atom is 0.135 e. The van der Waals surface area contributed by atoms with Crippen LogP contribution >= 0.6 is 0 Å². The minimum Gasteiger partial charge on any atom is -0.351 e. The van der Waals surface area contributed by atoms with Crippen molar-refractivity contribution in [3.63, 3.8) is 0 Å². The van der Waals surface area contributed by atoms with Gasteiger partial charge in [-0.15, -0.1) is 0 Å². The van der Waals surface area contributed by atoms with Gasteiger partial charge in [-0.2, -0.15) is 0 Å². The molecule has 3 heterocycles. The van der Waals surface area contributed by atoms with Gasteiger partial charge in [-0.3, -0.25) is 4.98 Å². The van der Waals surface area contributed by atoms with Crippen molar-refractivity contribution in [2.24, 2.45) is 4.99 Å². The fourth-order valence-corrected chi connectivity index (χ4v) is 4.57. The van der Waals surface area contributed by atoms with Crippen molar-refractivity contribution in [3.8, 4) is 0 Å². The normalized spacial score (nSPS) is 31.1. The van der Waals surface area contributed by atoms with E-state index < -0.39 is 0 Å². The number of nitrogens with zero attached hydrogens (tertiary/aromatic N) is 5. The molecule has 158 valence electrons. The summed E-state index contributed by atoms with van der Waals surface area (Å²) < 4.78 is 0. The number of allylic oxidation sites excluding steroid dienone is 4. The van der Waals surface area contributed by atoms with E-state index in [0.29, 0.717) is 6.04 Å². The van der Waals surface area contributed by atoms with Gasteiger partial charge in [-0.25, -0.2) is 4.99 Å². The molecule has 2 unspecified atom stereocenters. The summed E-state index contributed by atoms with van der Waals surface area (Å²) in [6.45, 7) is 15.3. The Morgan fingerprint density at radius 3 is 2.53 bits per heavy atom. The van der Waals surface area contributed by atoms with Crippen LogP contribution in [-0.4, -0.2) is 44.7 Å². The standard InChI is InChI=1S/C25H33N5/c1-17-10-14-25(29-18(2)9-13-24(29)22-8-7-15-26-16-22)27-21(5)30(23-11-12-23)20(4)19(3)28(17)6/h7-8,10,14-16,20,23-24H,2-3,9,11-13H2,1,4-6H3/b17-10+,25-14+,27-21+. The third kappa shape index (κ3) is 3.81. The quantitative estimate of drug-likeness (QED) is 0.694. The maximum atomic E-state index is 5.18. The van der Waals surface area contributed by atoms with Crippen LogP contribution in [0.5, 0.6) is 0 Å². The van der Waals surface area contributed by atoms with Crippen LogP contribution in [0.2, 0.25) is 0 Å². The monoisotopic (exact) mass is 403 g/mol. The molecule has 0 radical (unpaired) electrons. The number of pyridine rings is 1. The Balaban J connectivity index is 1.79. The number of amidine groups is 1. The Hall–Kier alpha value is -2.82. The molecular formula is C25H33N5. The van der Waals surface area contributed by atoms with E-state index in [9.17, 15) is 0 Å². The highest BCUT2D eigenvalue weighted by Crippen LogP contribution is 2.41. The fraction of sp³-hybridized carbons (Fsp3) is 0.440. The summed E-state index contributed by atoms with van der Waals surface area (Å²) in [6.07, 6.45) is 12.5. The van der Waals surface area contributed by atoms with Gasteiger partial charge >= 0.3 is 0 Å². The second-order valence-electron chi connectivity index (χ2n) is 8.63. The number of likely N-dealkylation sites (tertiary alicyclic amines) is 1. The molecule has 0 bridgehead atoms. The van der Waals surface area contributed by atoms with Crippen LogP contribution in [0.4, 0.5) is 0 Å². The third-order valence-corrected chi connectivity index (χ3v) is 6.60. The van der Waals surface area contributed by atoms with Gasteiger partial charge in [0, 0.05) is 42.6 Å². The molecule has 2 fully saturated rings. The summed E-state index contributed by atoms with van der Waals surface area (Å²) in [5.74, 6) is 1.99. The highest BCUT2D eigenvalue weighted by molar-refractivity contribution is 5.82. The van der Waals surface area contributed by atoms with Gasteiger partial charge in [0.2, 0.25) is 0 Å². The lowest BCUT2D eigenvalue weighted by molar-refractivity contribution is 0.303. The number of likely N-dealkylation sites (N-methyl/N-ethyl adjacent to an activating group) is 1. The van der Waals surface area contributed by atoms with Crippen molar-refractivity contribution in [3.05, 3.63) is 78.3 Å². The van der Waals surface area contributed by atoms with Crippen LogP contribution in [-0.2, 0) is 0 Å². The van der Waals surface area contributed by atoms with E-state index in [4.69, 9.17) is 4.99 Å². The van der Waals surface area contributed by atoms with Crippen molar-refractivity contribution in [1.29, 1.82) is 0 Å². The first-order valence-electron chi connectivity index (χ1n) is 10.9. The topological polar surface area (TPSA) is 35.0 Å². The van der Waals surface area contributed by atoms with Gasteiger partial charge in [0.1, 0.15) is 11.7 Å². The van der Waals surface area contributed by atoms with Crippen LogP contribution in [0.25, 0.3) is 0 Å². The van der Waals surface area contributed by atoms with Crippen LogP contribution in [0.3, 0.4) is 0 Å². The summed E-state index contributed by atoms with van der Waals surface area (Å²) >= 11 is 0. The Morgan fingerprint density at radius 2 is 1.87 bits per heavy atom. The highest BCUT2D eigenvalue weighted by Gasteiger charge is 2.36. The average molecular weight is 404 g/mol. The Labute approximate surface area is 180 Å². The van der Waals surface area contributed by atoms with Crippen LogP contribution in [0.15, 0.2) is 77.7 Å². The van der Waals surface area contributed by atoms with Gasteiger partial charge in [0.15, 0.2) is 0 Å². The molecule has 1 aromatic heterocycles. The van der Waals surface area contributed by atoms with E-state index >= 15 is 0 Å². The first kappa shape index (κ1) is 20.5. The lowest BCUT2D eigenvalue weighted by atomic mass is 10.1. The predicted octanol–water partition coefficient (Wildman–Crippen LogP) is 5.21. The van der Waals surface area contributed by atoms with E-state index in [2.05, 4.69) is 78.9 Å². The van der Waals surface area contributed by atoms with Crippen molar-refractivity contribution >= 4 is 5.84 Å². The largest absolute Gasteiger partial charge is 0.351 e. The minimum absolute atomic E-state index is 0.199. The molecule has 0 amide bonds. The molecule has 2 aliphatic heterocycles. The highest BCUT2D eigenvalue weighted by atomic mass is 15.3. The molecule has 3 aliphatic rings. The Kier molecular flexibility index (Phi) is 5.54. The molecule has 30 heavy (non-hydrogen) atoms. The lowest BCUT2D eigenvalue weighted by Crippen LogP contribution is -2.43. The SMILES string of the molecule is C=C1C(C)N(C2CC2)/C(C)=N/C(N2C(=C)CCC2c2cccnc2)=C\C=C(/C)N1C. The smallest absolute Gasteiger partial charge is 0.135 e. The van der Waals surface area contributed by atoms with Gasteiger partial charge in [0.05, 0.1) is 12.1 Å². The summed E-state index contributed by atoms with van der Waals surface area (Å²) in [5.41, 5.74) is 4.57. The summed E-state index contributed by atoms with van der Waals surface area (Å²) in [5, 5.41) is 0. The van der Waals surface area contributed by atoms with E-state index in [0.717, 1.165) is 41.6 Å². The second-order valence-corrected chi connectivity index (χ2v) is 8.63. The van der Waals surface area contributed by atoms with E-state index in [1.54, 1.807) is 0 Å². The Morgan fingerprint density at radius 1 is 1.10 bits per heavy atom. The third-order valence-electron chi connectivity index (χ3n) is 6.60. The molecule has 1 aliphatic carbocycles. The molecule has 5 nitrogen and oxygen atoms in total. The number of rotatable bonds is 3. The average Bonchev–Trinajstić information content (AvgIpc) is 3.50. The lowest BCUT2D eigenvalue weighted by Gasteiger charge is -2.38. The summed E-state index contributed by atoms with van der Waals surface area (Å²) in [7, 11) is 2.10. The van der Waals surface area contributed by atoms with Crippen LogP contribution in [0.1, 0.15) is 58.1 Å². The zero-order valence-corrected chi connectivity index (χ0v) is 18.7. The van der Waals surface area contributed by atoms with Crippen LogP contribution < -0.4 is 0 Å². The maximum absolute atomic E-state index is 5.18. The molecule has 1 saturated heterocycles. The number of hydrogen-bond donors (Lipinski definition) is 0. The zero-order valence-electron chi connectivity index (χ0n) is 18.7. The molecular weight excluding hydrogens is 370 g/mol. The van der Waals surface area contributed by atoms with E-state index in [1.165, 1.54) is 18.4 Å². The van der Waals surface area contributed by atoms with E-state index in [-0.39, 0.29) is 12.1 Å². The Bertz CT molecular complexity index is 922. The van der Waals surface area contributed by atoms with Crippen LogP contribution in [0, 0.1) is 0 Å². The molecule has 2 atom stereocenters. The second kappa shape index (κ2) is 8.13. The number of aliphatic imine (C=N–C) groups is 1. The zero-order chi connectivity index (χ0) is 21.4. The molecule has 1 aromatic rings. The number of aromatic nitrogens is 1. The van der Waals surface area contributed by atoms with Crippen molar-refractivity contribution < 1.29 is 0 Å². The first-order chi connectivity index (χ1) is 14.4. The molecule has 0 aromatic carbocycles. The minimum atomic E-state index is 0.199. The van der Waals surface area contributed by atoms with Crippen molar-refractivity contribution in [2.45, 2.75) is 64.6 Å². The van der Waals surface area contributed by atoms with E-state index in [1.807, 2.05) is 18.5 Å². The first-order valence-corrected chi connectivity index (χ1v) is 10.9. The number of hydrogen-bond acceptors (Lipinski definition) is 5. The molecule has 0 spiro atoms. The molecule has 0 N–H and O–H groups in total. The van der Waals surface area contributed by atoms with Crippen molar-refractivity contribution in [2.75, 3.05) is 7.05 Å². The van der Waals surface area contributed by atoms with Gasteiger partial charge in [0.25, 0.3) is 0 Å². The van der Waals surface area contributed by atoms with Crippen molar-refractivity contribution in [1.82, 2.24) is 19.7 Å². The van der Waals surface area contributed by atoms with Gasteiger partial charge in [-0.05, 0) is 70.2 Å². The molecule has 4 rings (SSSR count). The van der Waals surface area contributed by atoms with Gasteiger partial charge in [-0.1, -0.05) is 19.2 Å². The van der Waals surface area contributed by atoms with Gasteiger partial charge < -0.3 is 14.7 Å². The molecule has 1 saturated carbocycles. The summed E-state index contributed by atoms with van der Waals surface area (Å²) in [4.78, 5) is 16.5.